The molecular weight excluding hydrogens is 338 g/mol. The summed E-state index contributed by atoms with van der Waals surface area (Å²) >= 11 is 0. The van der Waals surface area contributed by atoms with Crippen LogP contribution in [0.4, 0.5) is 0 Å². The van der Waals surface area contributed by atoms with Crippen molar-refractivity contribution in [2.24, 2.45) is 0 Å². The average Bonchev–Trinajstić information content (AvgIpc) is 2.69. The van der Waals surface area contributed by atoms with Crippen molar-refractivity contribution in [3.8, 4) is 5.75 Å². The van der Waals surface area contributed by atoms with Crippen molar-refractivity contribution in [2.45, 2.75) is 50.8 Å². The molecule has 0 amide bonds. The van der Waals surface area contributed by atoms with Crippen LogP contribution in [0.2, 0.25) is 0 Å². The molecule has 1 saturated carbocycles. The van der Waals surface area contributed by atoms with E-state index in [0.29, 0.717) is 19.2 Å². The van der Waals surface area contributed by atoms with Gasteiger partial charge in [-0.1, -0.05) is 31.4 Å². The van der Waals surface area contributed by atoms with Gasteiger partial charge in [0.1, 0.15) is 18.5 Å². The highest BCUT2D eigenvalue weighted by Gasteiger charge is 2.20. The van der Waals surface area contributed by atoms with Gasteiger partial charge in [0, 0.05) is 45.3 Å². The molecule has 0 radical (unpaired) electrons. The van der Waals surface area contributed by atoms with Gasteiger partial charge >= 0.3 is 0 Å². The van der Waals surface area contributed by atoms with Gasteiger partial charge in [0.2, 0.25) is 0 Å². The minimum absolute atomic E-state index is 0.356. The third-order valence-corrected chi connectivity index (χ3v) is 6.04. The molecule has 0 unspecified atom stereocenters. The molecule has 1 aliphatic carbocycles. The number of benzene rings is 1. The van der Waals surface area contributed by atoms with Crippen molar-refractivity contribution in [2.75, 3.05) is 53.4 Å². The lowest BCUT2D eigenvalue weighted by Gasteiger charge is -2.32. The van der Waals surface area contributed by atoms with Crippen LogP contribution in [0.5, 0.6) is 5.75 Å². The normalized spacial score (nSPS) is 21.5. The molecule has 5 nitrogen and oxygen atoms in total. The standard InChI is InChI=1S/C22H37N3O2/c1-23-11-13-25(14-12-23)16-19-7-6-10-22(15-19)27-18-21(26)17-24(2)20-8-4-3-5-9-20/h6-7,10,15,20-21,26H,3-5,8-9,11-14,16-18H2,1-2H3/t21-/m0/s1. The lowest BCUT2D eigenvalue weighted by Crippen LogP contribution is -2.43. The van der Waals surface area contributed by atoms with E-state index in [4.69, 9.17) is 4.74 Å². The summed E-state index contributed by atoms with van der Waals surface area (Å²) in [6.45, 7) is 6.52. The zero-order valence-corrected chi connectivity index (χ0v) is 17.1. The first-order valence-electron chi connectivity index (χ1n) is 10.6. The summed E-state index contributed by atoms with van der Waals surface area (Å²) in [5.74, 6) is 0.862. The molecule has 152 valence electrons. The summed E-state index contributed by atoms with van der Waals surface area (Å²) in [4.78, 5) is 7.19. The van der Waals surface area contributed by atoms with E-state index in [0.717, 1.165) is 38.5 Å². The molecule has 1 heterocycles. The molecule has 5 heteroatoms. The number of aliphatic hydroxyl groups is 1. The lowest BCUT2D eigenvalue weighted by atomic mass is 9.94. The Morgan fingerprint density at radius 2 is 1.89 bits per heavy atom. The van der Waals surface area contributed by atoms with Crippen molar-refractivity contribution in [1.29, 1.82) is 0 Å². The largest absolute Gasteiger partial charge is 0.491 e. The molecule has 1 aromatic rings. The fourth-order valence-electron chi connectivity index (χ4n) is 4.25. The van der Waals surface area contributed by atoms with Crippen molar-refractivity contribution >= 4 is 0 Å². The van der Waals surface area contributed by atoms with Gasteiger partial charge < -0.3 is 19.6 Å². The Kier molecular flexibility index (Phi) is 7.94. The van der Waals surface area contributed by atoms with E-state index in [1.165, 1.54) is 37.7 Å². The molecule has 1 aliphatic heterocycles. The molecule has 0 bridgehead atoms. The number of piperazine rings is 1. The highest BCUT2D eigenvalue weighted by molar-refractivity contribution is 5.28. The van der Waals surface area contributed by atoms with E-state index in [9.17, 15) is 5.11 Å². The van der Waals surface area contributed by atoms with Crippen molar-refractivity contribution in [3.63, 3.8) is 0 Å². The van der Waals surface area contributed by atoms with Crippen LogP contribution in [-0.4, -0.2) is 85.4 Å². The molecule has 1 atom stereocenters. The van der Waals surface area contributed by atoms with Crippen LogP contribution in [0.1, 0.15) is 37.7 Å². The quantitative estimate of drug-likeness (QED) is 0.756. The number of ether oxygens (including phenoxy) is 1. The second kappa shape index (κ2) is 10.4. The smallest absolute Gasteiger partial charge is 0.119 e. The van der Waals surface area contributed by atoms with Crippen LogP contribution in [0.15, 0.2) is 24.3 Å². The van der Waals surface area contributed by atoms with Crippen LogP contribution in [-0.2, 0) is 6.54 Å². The summed E-state index contributed by atoms with van der Waals surface area (Å²) in [5.41, 5.74) is 1.28. The predicted octanol–water partition coefficient (Wildman–Crippen LogP) is 2.44. The highest BCUT2D eigenvalue weighted by atomic mass is 16.5. The number of hydrogen-bond donors (Lipinski definition) is 1. The topological polar surface area (TPSA) is 39.2 Å². The Bertz CT molecular complexity index is 554. The lowest BCUT2D eigenvalue weighted by molar-refractivity contribution is 0.0561. The van der Waals surface area contributed by atoms with E-state index in [2.05, 4.69) is 47.0 Å². The number of nitrogens with zero attached hydrogens (tertiary/aromatic N) is 3. The summed E-state index contributed by atoms with van der Waals surface area (Å²) in [6.07, 6.45) is 6.08. The maximum atomic E-state index is 10.4. The first-order valence-corrected chi connectivity index (χ1v) is 10.6. The Labute approximate surface area is 164 Å². The molecule has 0 aromatic heterocycles. The molecular formula is C22H37N3O2. The van der Waals surface area contributed by atoms with Crippen LogP contribution in [0.3, 0.4) is 0 Å². The third-order valence-electron chi connectivity index (χ3n) is 6.04. The van der Waals surface area contributed by atoms with Crippen LogP contribution in [0.25, 0.3) is 0 Å². The van der Waals surface area contributed by atoms with Gasteiger partial charge in [0.05, 0.1) is 0 Å². The number of hydrogen-bond acceptors (Lipinski definition) is 5. The number of likely N-dealkylation sites (N-methyl/N-ethyl adjacent to an activating group) is 2. The molecule has 3 rings (SSSR count). The SMILES string of the molecule is CN1CCN(Cc2cccc(OC[C@@H](O)CN(C)C3CCCCC3)c2)CC1. The van der Waals surface area contributed by atoms with E-state index in [1.54, 1.807) is 0 Å². The zero-order chi connectivity index (χ0) is 19.1. The third kappa shape index (κ3) is 6.75. The monoisotopic (exact) mass is 375 g/mol. The Balaban J connectivity index is 1.42. The maximum Gasteiger partial charge on any atom is 0.119 e. The van der Waals surface area contributed by atoms with Crippen molar-refractivity contribution in [3.05, 3.63) is 29.8 Å². The predicted molar refractivity (Wildman–Crippen MR) is 110 cm³/mol. The van der Waals surface area contributed by atoms with Crippen molar-refractivity contribution in [1.82, 2.24) is 14.7 Å². The van der Waals surface area contributed by atoms with Gasteiger partial charge in [-0.15, -0.1) is 0 Å². The zero-order valence-electron chi connectivity index (χ0n) is 17.1. The van der Waals surface area contributed by atoms with Gasteiger partial charge in [-0.25, -0.2) is 0 Å². The molecule has 1 N–H and O–H groups in total. The molecule has 27 heavy (non-hydrogen) atoms. The molecule has 0 spiro atoms. The number of rotatable bonds is 8. The molecule has 1 saturated heterocycles. The summed E-state index contributed by atoms with van der Waals surface area (Å²) < 4.78 is 5.90. The van der Waals surface area contributed by atoms with E-state index < -0.39 is 6.10 Å². The first kappa shape index (κ1) is 20.6. The fraction of sp³-hybridized carbons (Fsp3) is 0.727. The van der Waals surface area contributed by atoms with Gasteiger partial charge in [-0.05, 0) is 44.6 Å². The van der Waals surface area contributed by atoms with E-state index >= 15 is 0 Å². The first-order chi connectivity index (χ1) is 13.1. The summed E-state index contributed by atoms with van der Waals surface area (Å²) in [7, 11) is 4.32. The van der Waals surface area contributed by atoms with Gasteiger partial charge in [-0.2, -0.15) is 0 Å². The molecule has 2 fully saturated rings. The molecule has 1 aromatic carbocycles. The fourth-order valence-corrected chi connectivity index (χ4v) is 4.25. The second-order valence-electron chi connectivity index (χ2n) is 8.42. The van der Waals surface area contributed by atoms with E-state index in [-0.39, 0.29) is 0 Å². The van der Waals surface area contributed by atoms with E-state index in [1.807, 2.05) is 6.07 Å². The second-order valence-corrected chi connectivity index (χ2v) is 8.42. The van der Waals surface area contributed by atoms with Crippen LogP contribution >= 0.6 is 0 Å². The molecule has 2 aliphatic rings. The van der Waals surface area contributed by atoms with Gasteiger partial charge in [-0.3, -0.25) is 4.90 Å². The van der Waals surface area contributed by atoms with Crippen LogP contribution < -0.4 is 4.74 Å². The highest BCUT2D eigenvalue weighted by Crippen LogP contribution is 2.22. The summed E-state index contributed by atoms with van der Waals surface area (Å²) in [5, 5.41) is 10.4. The van der Waals surface area contributed by atoms with Crippen LogP contribution in [0, 0.1) is 0 Å². The summed E-state index contributed by atoms with van der Waals surface area (Å²) in [6, 6.07) is 8.96. The Hall–Kier alpha value is -1.14. The van der Waals surface area contributed by atoms with Crippen molar-refractivity contribution < 1.29 is 9.84 Å². The maximum absolute atomic E-state index is 10.4. The Morgan fingerprint density at radius 3 is 2.63 bits per heavy atom. The minimum atomic E-state index is -0.446. The van der Waals surface area contributed by atoms with Gasteiger partial charge in [0.25, 0.3) is 0 Å². The van der Waals surface area contributed by atoms with Gasteiger partial charge in [0.15, 0.2) is 0 Å². The average molecular weight is 376 g/mol. The minimum Gasteiger partial charge on any atom is -0.491 e. The number of aliphatic hydroxyl groups excluding tert-OH is 1. The Morgan fingerprint density at radius 1 is 1.15 bits per heavy atom.